The molecular formula is C18H14F2N4O. The first-order chi connectivity index (χ1) is 12.1. The number of pyridine rings is 1. The summed E-state index contributed by atoms with van der Waals surface area (Å²) in [5, 5.41) is 11.6. The lowest BCUT2D eigenvalue weighted by atomic mass is 9.95. The van der Waals surface area contributed by atoms with Crippen LogP contribution in [0.15, 0.2) is 30.5 Å². The summed E-state index contributed by atoms with van der Waals surface area (Å²) in [6.45, 7) is 0. The first kappa shape index (κ1) is 15.5. The van der Waals surface area contributed by atoms with Gasteiger partial charge in [-0.05, 0) is 49.1 Å². The zero-order chi connectivity index (χ0) is 17.6. The predicted molar refractivity (Wildman–Crippen MR) is 85.6 cm³/mol. The van der Waals surface area contributed by atoms with Crippen LogP contribution in [0.2, 0.25) is 0 Å². The van der Waals surface area contributed by atoms with Crippen molar-refractivity contribution in [3.63, 3.8) is 0 Å². The van der Waals surface area contributed by atoms with Gasteiger partial charge in [-0.1, -0.05) is 0 Å². The van der Waals surface area contributed by atoms with Crippen LogP contribution in [-0.4, -0.2) is 22.0 Å². The van der Waals surface area contributed by atoms with Gasteiger partial charge in [0.2, 0.25) is 5.95 Å². The molecule has 4 rings (SSSR count). The van der Waals surface area contributed by atoms with Gasteiger partial charge in [0.1, 0.15) is 11.9 Å². The molecule has 2 atom stereocenters. The first-order valence-corrected chi connectivity index (χ1v) is 8.00. The number of anilines is 1. The van der Waals surface area contributed by atoms with Crippen molar-refractivity contribution >= 4 is 11.7 Å². The zero-order valence-electron chi connectivity index (χ0n) is 13.2. The van der Waals surface area contributed by atoms with Crippen molar-refractivity contribution in [3.05, 3.63) is 58.9 Å². The fraction of sp³-hybridized carbons (Fsp3) is 0.278. The van der Waals surface area contributed by atoms with E-state index in [9.17, 15) is 13.6 Å². The highest BCUT2D eigenvalue weighted by Crippen LogP contribution is 2.44. The molecule has 1 aromatic carbocycles. The lowest BCUT2D eigenvalue weighted by Gasteiger charge is -2.36. The zero-order valence-corrected chi connectivity index (χ0v) is 13.2. The van der Waals surface area contributed by atoms with Crippen molar-refractivity contribution in [2.75, 3.05) is 5.32 Å². The van der Waals surface area contributed by atoms with Gasteiger partial charge < -0.3 is 10.2 Å². The number of nitriles is 1. The minimum absolute atomic E-state index is 0.0907. The fourth-order valence-corrected chi connectivity index (χ4v) is 3.80. The predicted octanol–water partition coefficient (Wildman–Crippen LogP) is 3.53. The van der Waals surface area contributed by atoms with Gasteiger partial charge in [0.05, 0.1) is 11.6 Å². The van der Waals surface area contributed by atoms with Crippen LogP contribution in [0.5, 0.6) is 0 Å². The van der Waals surface area contributed by atoms with Crippen molar-refractivity contribution < 1.29 is 13.6 Å². The molecule has 126 valence electrons. The van der Waals surface area contributed by atoms with E-state index in [-0.39, 0.29) is 23.7 Å². The summed E-state index contributed by atoms with van der Waals surface area (Å²) in [7, 11) is 0. The summed E-state index contributed by atoms with van der Waals surface area (Å²) in [5.74, 6) is -1.10. The highest BCUT2D eigenvalue weighted by atomic mass is 19.1. The largest absolute Gasteiger partial charge is 0.322 e. The molecule has 3 heterocycles. The molecule has 2 unspecified atom stereocenters. The van der Waals surface area contributed by atoms with Crippen LogP contribution in [0, 0.1) is 23.1 Å². The molecule has 0 aliphatic carbocycles. The van der Waals surface area contributed by atoms with Crippen LogP contribution in [0.1, 0.15) is 35.6 Å². The van der Waals surface area contributed by atoms with Crippen LogP contribution in [0.4, 0.5) is 19.3 Å². The van der Waals surface area contributed by atoms with Gasteiger partial charge in [-0.3, -0.25) is 0 Å². The highest BCUT2D eigenvalue weighted by molar-refractivity contribution is 5.90. The standard InChI is InChI=1S/C18H14F2N4O/c19-15-3-1-11(7-10(15)9-21)23-18(25)24-12-2-4-16(24)13-5-6-22-17(20)14(13)8-12/h1,3,5-7,12,16H,2,4,8H2,(H,23,25). The maximum atomic E-state index is 13.9. The van der Waals surface area contributed by atoms with Gasteiger partial charge in [-0.15, -0.1) is 0 Å². The quantitative estimate of drug-likeness (QED) is 0.808. The number of hydrogen-bond acceptors (Lipinski definition) is 3. The molecule has 0 spiro atoms. The summed E-state index contributed by atoms with van der Waals surface area (Å²) in [4.78, 5) is 18.2. The van der Waals surface area contributed by atoms with Crippen LogP contribution in [0.3, 0.4) is 0 Å². The third-order valence-corrected chi connectivity index (χ3v) is 4.91. The van der Waals surface area contributed by atoms with Gasteiger partial charge in [0, 0.05) is 23.5 Å². The smallest absolute Gasteiger partial charge is 0.314 e. The lowest BCUT2D eigenvalue weighted by Crippen LogP contribution is -2.44. The van der Waals surface area contributed by atoms with E-state index in [4.69, 9.17) is 5.26 Å². The molecule has 1 aromatic heterocycles. The van der Waals surface area contributed by atoms with Gasteiger partial charge in [-0.2, -0.15) is 9.65 Å². The Bertz CT molecular complexity index is 908. The minimum Gasteiger partial charge on any atom is -0.314 e. The molecule has 1 fully saturated rings. The number of fused-ring (bicyclic) bond motifs is 4. The molecule has 0 saturated carbocycles. The van der Waals surface area contributed by atoms with Crippen molar-refractivity contribution in [3.8, 4) is 6.07 Å². The number of amides is 2. The summed E-state index contributed by atoms with van der Waals surface area (Å²) in [6.07, 6.45) is 3.41. The summed E-state index contributed by atoms with van der Waals surface area (Å²) < 4.78 is 27.4. The Kier molecular flexibility index (Phi) is 3.61. The van der Waals surface area contributed by atoms with Gasteiger partial charge in [0.25, 0.3) is 0 Å². The second-order valence-electron chi connectivity index (χ2n) is 6.26. The number of nitrogens with zero attached hydrogens (tertiary/aromatic N) is 3. The van der Waals surface area contributed by atoms with Crippen molar-refractivity contribution in [1.29, 1.82) is 5.26 Å². The normalized spacial score (nSPS) is 20.8. The van der Waals surface area contributed by atoms with Gasteiger partial charge >= 0.3 is 6.03 Å². The number of halogens is 2. The number of hydrogen-bond donors (Lipinski definition) is 1. The Morgan fingerprint density at radius 1 is 1.32 bits per heavy atom. The van der Waals surface area contributed by atoms with Crippen LogP contribution < -0.4 is 5.32 Å². The van der Waals surface area contributed by atoms with Crippen LogP contribution in [0.25, 0.3) is 0 Å². The third-order valence-electron chi connectivity index (χ3n) is 4.91. The molecule has 25 heavy (non-hydrogen) atoms. The van der Waals surface area contributed by atoms with E-state index >= 15 is 0 Å². The molecular weight excluding hydrogens is 326 g/mol. The summed E-state index contributed by atoms with van der Waals surface area (Å²) in [6, 6.07) is 6.76. The number of rotatable bonds is 1. The maximum absolute atomic E-state index is 13.9. The first-order valence-electron chi connectivity index (χ1n) is 8.00. The Morgan fingerprint density at radius 3 is 2.96 bits per heavy atom. The maximum Gasteiger partial charge on any atom is 0.322 e. The van der Waals surface area contributed by atoms with E-state index < -0.39 is 11.8 Å². The molecule has 2 aromatic rings. The molecule has 5 nitrogen and oxygen atoms in total. The summed E-state index contributed by atoms with van der Waals surface area (Å²) >= 11 is 0. The second-order valence-corrected chi connectivity index (χ2v) is 6.26. The number of carbonyl (C=O) groups excluding carboxylic acids is 1. The van der Waals surface area contributed by atoms with E-state index in [0.717, 1.165) is 24.5 Å². The monoisotopic (exact) mass is 340 g/mol. The van der Waals surface area contributed by atoms with Crippen LogP contribution in [-0.2, 0) is 6.42 Å². The molecule has 2 amide bonds. The molecule has 2 aliphatic heterocycles. The summed E-state index contributed by atoms with van der Waals surface area (Å²) in [5.41, 5.74) is 1.62. The van der Waals surface area contributed by atoms with Crippen molar-refractivity contribution in [2.45, 2.75) is 31.3 Å². The molecule has 1 N–H and O–H groups in total. The van der Waals surface area contributed by atoms with Crippen molar-refractivity contribution in [2.24, 2.45) is 0 Å². The van der Waals surface area contributed by atoms with Gasteiger partial charge in [-0.25, -0.2) is 14.2 Å². The third kappa shape index (κ3) is 2.50. The van der Waals surface area contributed by atoms with E-state index in [2.05, 4.69) is 10.3 Å². The fourth-order valence-electron chi connectivity index (χ4n) is 3.80. The number of aromatic nitrogens is 1. The Hall–Kier alpha value is -3.01. The molecule has 1 saturated heterocycles. The van der Waals surface area contributed by atoms with E-state index in [0.29, 0.717) is 17.7 Å². The highest BCUT2D eigenvalue weighted by Gasteiger charge is 2.43. The Morgan fingerprint density at radius 2 is 2.16 bits per heavy atom. The molecule has 2 aliphatic rings. The second kappa shape index (κ2) is 5.81. The SMILES string of the molecule is N#Cc1cc(NC(=O)N2C3CCC2c2ccnc(F)c2C3)ccc1F. The number of benzene rings is 1. The number of nitrogens with one attached hydrogen (secondary N) is 1. The lowest BCUT2D eigenvalue weighted by molar-refractivity contribution is 0.178. The van der Waals surface area contributed by atoms with E-state index in [1.54, 1.807) is 17.0 Å². The van der Waals surface area contributed by atoms with Crippen LogP contribution >= 0.6 is 0 Å². The molecule has 0 radical (unpaired) electrons. The van der Waals surface area contributed by atoms with E-state index in [1.165, 1.54) is 18.3 Å². The average Bonchev–Trinajstić information content (AvgIpc) is 2.93. The molecule has 7 heteroatoms. The number of urea groups is 1. The Balaban J connectivity index is 1.61. The van der Waals surface area contributed by atoms with E-state index in [1.807, 2.05) is 0 Å². The number of carbonyl (C=O) groups is 1. The molecule has 2 bridgehead atoms. The van der Waals surface area contributed by atoms with Crippen molar-refractivity contribution in [1.82, 2.24) is 9.88 Å². The topological polar surface area (TPSA) is 69.0 Å². The Labute approximate surface area is 142 Å². The van der Waals surface area contributed by atoms with Gasteiger partial charge in [0.15, 0.2) is 0 Å². The average molecular weight is 340 g/mol. The minimum atomic E-state index is -0.629.